The number of amides is 2. The van der Waals surface area contributed by atoms with Gasteiger partial charge < -0.3 is 19.9 Å². The monoisotopic (exact) mass is 304 g/mol. The minimum Gasteiger partial charge on any atom is -0.399 e. The highest BCUT2D eigenvalue weighted by Crippen LogP contribution is 2.36. The van der Waals surface area contributed by atoms with Gasteiger partial charge in [0, 0.05) is 11.7 Å². The lowest BCUT2D eigenvalue weighted by atomic mass is 9.79. The Morgan fingerprint density at radius 1 is 1.05 bits per heavy atom. The maximum atomic E-state index is 11.7. The van der Waals surface area contributed by atoms with Crippen molar-refractivity contribution in [2.75, 3.05) is 5.32 Å². The van der Waals surface area contributed by atoms with Crippen molar-refractivity contribution in [3.8, 4) is 0 Å². The Bertz CT molecular complexity index is 525. The van der Waals surface area contributed by atoms with Crippen LogP contribution in [-0.4, -0.2) is 30.4 Å². The molecule has 2 N–H and O–H groups in total. The molecule has 1 heterocycles. The average molecular weight is 304 g/mol. The molecule has 0 radical (unpaired) electrons. The van der Waals surface area contributed by atoms with Crippen LogP contribution < -0.4 is 16.1 Å². The molecular weight excluding hydrogens is 279 g/mol. The zero-order valence-electron chi connectivity index (χ0n) is 14.2. The predicted molar refractivity (Wildman–Crippen MR) is 89.4 cm³/mol. The Kier molecular flexibility index (Phi) is 4.54. The van der Waals surface area contributed by atoms with Crippen LogP contribution in [0.1, 0.15) is 41.5 Å². The normalized spacial score (nSPS) is 19.3. The van der Waals surface area contributed by atoms with Crippen molar-refractivity contribution in [2.24, 2.45) is 0 Å². The number of anilines is 1. The Labute approximate surface area is 132 Å². The van der Waals surface area contributed by atoms with E-state index in [1.807, 2.05) is 65.8 Å². The molecule has 0 atom stereocenters. The van der Waals surface area contributed by atoms with Gasteiger partial charge in [-0.25, -0.2) is 4.79 Å². The summed E-state index contributed by atoms with van der Waals surface area (Å²) < 4.78 is 12.0. The largest absolute Gasteiger partial charge is 0.494 e. The van der Waals surface area contributed by atoms with Crippen molar-refractivity contribution in [3.63, 3.8) is 0 Å². The minimum atomic E-state index is -0.386. The molecule has 0 aliphatic carbocycles. The molecule has 2 rings (SSSR count). The summed E-state index contributed by atoms with van der Waals surface area (Å²) in [6.07, 6.45) is 0. The molecule has 0 spiro atoms. The van der Waals surface area contributed by atoms with Crippen molar-refractivity contribution in [2.45, 2.75) is 58.8 Å². The molecule has 2 amide bonds. The Morgan fingerprint density at radius 3 is 2.00 bits per heavy atom. The molecule has 0 bridgehead atoms. The van der Waals surface area contributed by atoms with Gasteiger partial charge in [0.15, 0.2) is 0 Å². The molecule has 120 valence electrons. The van der Waals surface area contributed by atoms with Gasteiger partial charge in [0.05, 0.1) is 11.2 Å². The Balaban J connectivity index is 2.03. The van der Waals surface area contributed by atoms with Crippen molar-refractivity contribution in [1.82, 2.24) is 5.32 Å². The van der Waals surface area contributed by atoms with Crippen molar-refractivity contribution in [3.05, 3.63) is 24.3 Å². The van der Waals surface area contributed by atoms with Crippen LogP contribution >= 0.6 is 0 Å². The quantitative estimate of drug-likeness (QED) is 0.844. The first-order chi connectivity index (χ1) is 10.1. The highest BCUT2D eigenvalue weighted by molar-refractivity contribution is 6.62. The van der Waals surface area contributed by atoms with Gasteiger partial charge in [0.1, 0.15) is 0 Å². The van der Waals surface area contributed by atoms with Crippen LogP contribution in [0.15, 0.2) is 24.3 Å². The van der Waals surface area contributed by atoms with Gasteiger partial charge in [0.25, 0.3) is 0 Å². The Morgan fingerprint density at radius 2 is 1.55 bits per heavy atom. The SMILES string of the molecule is CC(C)NC(=O)Nc1ccc(B2OC(C)(C)C(C)(C)O2)cc1. The summed E-state index contributed by atoms with van der Waals surface area (Å²) in [5.41, 5.74) is 0.962. The standard InChI is InChI=1S/C16H25BN2O3/c1-11(2)18-14(20)19-13-9-7-12(8-10-13)17-21-15(3,4)16(5,6)22-17/h7-11H,1-6H3,(H2,18,19,20). The number of benzene rings is 1. The van der Waals surface area contributed by atoms with E-state index in [1.54, 1.807) is 0 Å². The van der Waals surface area contributed by atoms with E-state index in [2.05, 4.69) is 10.6 Å². The molecule has 1 saturated heterocycles. The molecule has 0 unspecified atom stereocenters. The second kappa shape index (κ2) is 5.93. The first-order valence-electron chi connectivity index (χ1n) is 7.64. The lowest BCUT2D eigenvalue weighted by molar-refractivity contribution is 0.00578. The fourth-order valence-corrected chi connectivity index (χ4v) is 2.13. The zero-order valence-corrected chi connectivity index (χ0v) is 14.2. The van der Waals surface area contributed by atoms with Gasteiger partial charge in [-0.1, -0.05) is 12.1 Å². The number of rotatable bonds is 3. The average Bonchev–Trinajstić information content (AvgIpc) is 2.58. The van der Waals surface area contributed by atoms with Gasteiger partial charge in [-0.3, -0.25) is 0 Å². The molecule has 0 aromatic heterocycles. The first-order valence-corrected chi connectivity index (χ1v) is 7.64. The van der Waals surface area contributed by atoms with Crippen molar-refractivity contribution < 1.29 is 14.1 Å². The van der Waals surface area contributed by atoms with Gasteiger partial charge in [0.2, 0.25) is 0 Å². The number of carbonyl (C=O) groups is 1. The molecule has 1 fully saturated rings. The molecule has 1 aromatic carbocycles. The van der Waals surface area contributed by atoms with Gasteiger partial charge >= 0.3 is 13.1 Å². The summed E-state index contributed by atoms with van der Waals surface area (Å²) in [4.78, 5) is 11.7. The number of hydrogen-bond acceptors (Lipinski definition) is 3. The molecule has 0 saturated carbocycles. The van der Waals surface area contributed by atoms with E-state index in [-0.39, 0.29) is 30.4 Å². The summed E-state index contributed by atoms with van der Waals surface area (Å²) in [6.45, 7) is 11.9. The van der Waals surface area contributed by atoms with E-state index < -0.39 is 0 Å². The molecule has 1 aliphatic heterocycles. The van der Waals surface area contributed by atoms with Crippen LogP contribution in [0.4, 0.5) is 10.5 Å². The lowest BCUT2D eigenvalue weighted by Gasteiger charge is -2.32. The second-order valence-electron chi connectivity index (χ2n) is 6.96. The number of urea groups is 1. The smallest absolute Gasteiger partial charge is 0.399 e. The second-order valence-corrected chi connectivity index (χ2v) is 6.96. The fourth-order valence-electron chi connectivity index (χ4n) is 2.13. The summed E-state index contributed by atoms with van der Waals surface area (Å²) in [7, 11) is -0.386. The first kappa shape index (κ1) is 16.8. The van der Waals surface area contributed by atoms with E-state index >= 15 is 0 Å². The van der Waals surface area contributed by atoms with Crippen LogP contribution in [-0.2, 0) is 9.31 Å². The van der Waals surface area contributed by atoms with E-state index in [0.717, 1.165) is 11.2 Å². The zero-order chi connectivity index (χ0) is 16.5. The maximum absolute atomic E-state index is 11.7. The Hall–Kier alpha value is -1.53. The third kappa shape index (κ3) is 3.62. The van der Waals surface area contributed by atoms with Crippen LogP contribution in [0.2, 0.25) is 0 Å². The summed E-state index contributed by atoms with van der Waals surface area (Å²) in [6, 6.07) is 7.41. The third-order valence-electron chi connectivity index (χ3n) is 4.11. The molecule has 1 aromatic rings. The van der Waals surface area contributed by atoms with Gasteiger partial charge in [-0.2, -0.15) is 0 Å². The van der Waals surface area contributed by atoms with E-state index in [0.29, 0.717) is 0 Å². The van der Waals surface area contributed by atoms with Crippen molar-refractivity contribution >= 4 is 24.3 Å². The number of hydrogen-bond donors (Lipinski definition) is 2. The topological polar surface area (TPSA) is 59.6 Å². The predicted octanol–water partition coefficient (Wildman–Crippen LogP) is 2.52. The van der Waals surface area contributed by atoms with Crippen LogP contribution in [0.25, 0.3) is 0 Å². The van der Waals surface area contributed by atoms with Gasteiger partial charge in [-0.15, -0.1) is 0 Å². The van der Waals surface area contributed by atoms with Crippen LogP contribution in [0, 0.1) is 0 Å². The molecule has 6 heteroatoms. The van der Waals surface area contributed by atoms with Crippen molar-refractivity contribution in [1.29, 1.82) is 0 Å². The highest BCUT2D eigenvalue weighted by Gasteiger charge is 2.51. The van der Waals surface area contributed by atoms with E-state index in [4.69, 9.17) is 9.31 Å². The number of nitrogens with one attached hydrogen (secondary N) is 2. The van der Waals surface area contributed by atoms with E-state index in [1.165, 1.54) is 0 Å². The fraction of sp³-hybridized carbons (Fsp3) is 0.562. The summed E-state index contributed by atoms with van der Waals surface area (Å²) in [5, 5.41) is 5.57. The lowest BCUT2D eigenvalue weighted by Crippen LogP contribution is -2.41. The van der Waals surface area contributed by atoms with E-state index in [9.17, 15) is 4.79 Å². The van der Waals surface area contributed by atoms with Crippen LogP contribution in [0.3, 0.4) is 0 Å². The summed E-state index contributed by atoms with van der Waals surface area (Å²) in [5.74, 6) is 0. The molecular formula is C16H25BN2O3. The van der Waals surface area contributed by atoms with Gasteiger partial charge in [-0.05, 0) is 59.1 Å². The maximum Gasteiger partial charge on any atom is 0.494 e. The molecule has 1 aliphatic rings. The number of carbonyl (C=O) groups excluding carboxylic acids is 1. The third-order valence-corrected chi connectivity index (χ3v) is 4.11. The molecule has 22 heavy (non-hydrogen) atoms. The van der Waals surface area contributed by atoms with Crippen LogP contribution in [0.5, 0.6) is 0 Å². The summed E-state index contributed by atoms with van der Waals surface area (Å²) >= 11 is 0. The highest BCUT2D eigenvalue weighted by atomic mass is 16.7. The molecule has 5 nitrogen and oxygen atoms in total. The minimum absolute atomic E-state index is 0.101.